The number of para-hydroxylation sites is 1. The fraction of sp³-hybridized carbons (Fsp3) is 0.240. The van der Waals surface area contributed by atoms with Gasteiger partial charge in [-0.15, -0.1) is 0 Å². The third-order valence-electron chi connectivity index (χ3n) is 5.08. The second-order valence-corrected chi connectivity index (χ2v) is 9.61. The van der Waals surface area contributed by atoms with Crippen LogP contribution in [0.1, 0.15) is 48.9 Å². The molecule has 0 saturated heterocycles. The predicted octanol–water partition coefficient (Wildman–Crippen LogP) is 5.17. The minimum Gasteiger partial charge on any atom is -0.326 e. The monoisotopic (exact) mass is 436 g/mol. The summed E-state index contributed by atoms with van der Waals surface area (Å²) >= 11 is 0. The number of nitrogens with one attached hydrogen (secondary N) is 2. The van der Waals surface area contributed by atoms with Crippen molar-refractivity contribution < 1.29 is 13.2 Å². The molecule has 0 heterocycles. The zero-order valence-corrected chi connectivity index (χ0v) is 18.8. The van der Waals surface area contributed by atoms with Crippen LogP contribution in [0.15, 0.2) is 83.8 Å². The smallest absolute Gasteiger partial charge is 0.241 e. The molecule has 0 fully saturated rings. The average Bonchev–Trinajstić information content (AvgIpc) is 2.74. The topological polar surface area (TPSA) is 75.3 Å². The Balaban J connectivity index is 1.83. The molecular formula is C25H28N2O3S. The first-order valence-corrected chi connectivity index (χ1v) is 11.8. The molecule has 3 aromatic rings. The van der Waals surface area contributed by atoms with Crippen molar-refractivity contribution >= 4 is 21.6 Å². The predicted molar refractivity (Wildman–Crippen MR) is 124 cm³/mol. The van der Waals surface area contributed by atoms with E-state index in [1.54, 1.807) is 24.3 Å². The number of rotatable bonds is 8. The molecule has 0 aliphatic rings. The normalized spacial score (nSPS) is 12.5. The Morgan fingerprint density at radius 3 is 2.13 bits per heavy atom. The van der Waals surface area contributed by atoms with Crippen molar-refractivity contribution in [3.63, 3.8) is 0 Å². The van der Waals surface area contributed by atoms with Gasteiger partial charge in [0.1, 0.15) is 0 Å². The van der Waals surface area contributed by atoms with Crippen LogP contribution in [0.2, 0.25) is 0 Å². The van der Waals surface area contributed by atoms with Gasteiger partial charge in [-0.05, 0) is 42.2 Å². The van der Waals surface area contributed by atoms with Crippen molar-refractivity contribution in [2.24, 2.45) is 0 Å². The molecule has 0 saturated carbocycles. The maximum absolute atomic E-state index is 13.0. The van der Waals surface area contributed by atoms with Crippen LogP contribution in [0.25, 0.3) is 0 Å². The van der Waals surface area contributed by atoms with Crippen LogP contribution < -0.4 is 10.0 Å². The second kappa shape index (κ2) is 9.90. The van der Waals surface area contributed by atoms with Gasteiger partial charge >= 0.3 is 0 Å². The lowest BCUT2D eigenvalue weighted by molar-refractivity contribution is -0.116. The number of carbonyl (C=O) groups is 1. The van der Waals surface area contributed by atoms with Crippen LogP contribution in [0.4, 0.5) is 5.69 Å². The fourth-order valence-corrected chi connectivity index (χ4v) is 4.61. The van der Waals surface area contributed by atoms with Crippen LogP contribution in [0.5, 0.6) is 0 Å². The number of anilines is 1. The summed E-state index contributed by atoms with van der Waals surface area (Å²) in [7, 11) is -3.79. The zero-order valence-electron chi connectivity index (χ0n) is 18.0. The van der Waals surface area contributed by atoms with E-state index in [2.05, 4.69) is 23.9 Å². The minimum atomic E-state index is -3.79. The van der Waals surface area contributed by atoms with Gasteiger partial charge in [0, 0.05) is 12.1 Å². The third-order valence-corrected chi connectivity index (χ3v) is 6.56. The van der Waals surface area contributed by atoms with Gasteiger partial charge in [-0.25, -0.2) is 13.1 Å². The van der Waals surface area contributed by atoms with Crippen molar-refractivity contribution in [3.05, 3.63) is 95.6 Å². The minimum absolute atomic E-state index is 0.0263. The summed E-state index contributed by atoms with van der Waals surface area (Å²) in [4.78, 5) is 13.1. The van der Waals surface area contributed by atoms with E-state index >= 15 is 0 Å². The highest BCUT2D eigenvalue weighted by Crippen LogP contribution is 2.26. The van der Waals surface area contributed by atoms with Gasteiger partial charge in [0.05, 0.1) is 10.9 Å². The lowest BCUT2D eigenvalue weighted by Crippen LogP contribution is -2.31. The number of benzene rings is 3. The van der Waals surface area contributed by atoms with Crippen molar-refractivity contribution in [1.82, 2.24) is 4.72 Å². The second-order valence-electron chi connectivity index (χ2n) is 7.89. The molecule has 162 valence electrons. The Kier molecular flexibility index (Phi) is 7.25. The van der Waals surface area contributed by atoms with Gasteiger partial charge in [-0.1, -0.05) is 80.1 Å². The molecule has 1 atom stereocenters. The van der Waals surface area contributed by atoms with Crippen LogP contribution in [0, 0.1) is 6.92 Å². The maximum Gasteiger partial charge on any atom is 0.241 e. The van der Waals surface area contributed by atoms with E-state index in [0.717, 1.165) is 22.4 Å². The summed E-state index contributed by atoms with van der Waals surface area (Å²) in [5.41, 5.74) is 3.48. The summed E-state index contributed by atoms with van der Waals surface area (Å²) in [6, 6.07) is 22.7. The summed E-state index contributed by atoms with van der Waals surface area (Å²) < 4.78 is 28.6. The van der Waals surface area contributed by atoms with E-state index in [0.29, 0.717) is 0 Å². The molecule has 0 aromatic heterocycles. The molecule has 0 radical (unpaired) electrons. The van der Waals surface area contributed by atoms with E-state index in [1.165, 1.54) is 0 Å². The van der Waals surface area contributed by atoms with Crippen molar-refractivity contribution in [2.75, 3.05) is 5.32 Å². The van der Waals surface area contributed by atoms with Crippen LogP contribution in [0.3, 0.4) is 0 Å². The van der Waals surface area contributed by atoms with E-state index in [-0.39, 0.29) is 23.1 Å². The first kappa shape index (κ1) is 22.7. The number of aryl methyl sites for hydroxylation is 1. The van der Waals surface area contributed by atoms with Crippen molar-refractivity contribution in [1.29, 1.82) is 0 Å². The SMILES string of the molecule is Cc1ccc(S(=O)(=O)N[C@@H](CC(=O)Nc2ccccc2C(C)C)c2ccccc2)cc1. The Morgan fingerprint density at radius 1 is 0.871 bits per heavy atom. The van der Waals surface area contributed by atoms with Crippen molar-refractivity contribution in [2.45, 2.75) is 44.0 Å². The maximum atomic E-state index is 13.0. The van der Waals surface area contributed by atoms with Gasteiger partial charge in [0.25, 0.3) is 0 Å². The largest absolute Gasteiger partial charge is 0.326 e. The Hall–Kier alpha value is -2.96. The summed E-state index contributed by atoms with van der Waals surface area (Å²) in [5, 5.41) is 2.95. The molecule has 0 aliphatic heterocycles. The standard InChI is InChI=1S/C25H28N2O3S/c1-18(2)22-11-7-8-12-23(22)26-25(28)17-24(20-9-5-4-6-10-20)27-31(29,30)21-15-13-19(3)14-16-21/h4-16,18,24,27H,17H2,1-3H3,(H,26,28)/t24-/m0/s1. The molecule has 0 spiro atoms. The lowest BCUT2D eigenvalue weighted by Gasteiger charge is -2.20. The van der Waals surface area contributed by atoms with E-state index in [1.807, 2.05) is 61.5 Å². The molecule has 0 aliphatic carbocycles. The Morgan fingerprint density at radius 2 is 1.48 bits per heavy atom. The lowest BCUT2D eigenvalue weighted by atomic mass is 10.0. The fourth-order valence-electron chi connectivity index (χ4n) is 3.39. The molecule has 31 heavy (non-hydrogen) atoms. The van der Waals surface area contributed by atoms with Gasteiger partial charge in [0.2, 0.25) is 15.9 Å². The Labute approximate surface area is 184 Å². The Bertz CT molecular complexity index is 1120. The van der Waals surface area contributed by atoms with Gasteiger partial charge in [-0.3, -0.25) is 4.79 Å². The van der Waals surface area contributed by atoms with Gasteiger partial charge < -0.3 is 5.32 Å². The molecule has 1 amide bonds. The number of hydrogen-bond donors (Lipinski definition) is 2. The van der Waals surface area contributed by atoms with Gasteiger partial charge in [-0.2, -0.15) is 0 Å². The molecule has 2 N–H and O–H groups in total. The molecule has 0 unspecified atom stereocenters. The summed E-state index contributed by atoms with van der Waals surface area (Å²) in [6.45, 7) is 6.02. The highest BCUT2D eigenvalue weighted by atomic mass is 32.2. The zero-order chi connectivity index (χ0) is 22.4. The molecule has 6 heteroatoms. The number of hydrogen-bond acceptors (Lipinski definition) is 3. The van der Waals surface area contributed by atoms with Crippen LogP contribution in [-0.2, 0) is 14.8 Å². The number of sulfonamides is 1. The van der Waals surface area contributed by atoms with Crippen molar-refractivity contribution in [3.8, 4) is 0 Å². The highest BCUT2D eigenvalue weighted by Gasteiger charge is 2.24. The summed E-state index contributed by atoms with van der Waals surface area (Å²) in [6.07, 6.45) is -0.0263. The molecule has 0 bridgehead atoms. The molecule has 3 aromatic carbocycles. The van der Waals surface area contributed by atoms with E-state index in [9.17, 15) is 13.2 Å². The average molecular weight is 437 g/mol. The van der Waals surface area contributed by atoms with Crippen LogP contribution in [-0.4, -0.2) is 14.3 Å². The number of amides is 1. The van der Waals surface area contributed by atoms with E-state index in [4.69, 9.17) is 0 Å². The molecule has 5 nitrogen and oxygen atoms in total. The first-order chi connectivity index (χ1) is 14.8. The first-order valence-electron chi connectivity index (χ1n) is 10.3. The molecular weight excluding hydrogens is 408 g/mol. The van der Waals surface area contributed by atoms with Gasteiger partial charge in [0.15, 0.2) is 0 Å². The van der Waals surface area contributed by atoms with E-state index < -0.39 is 16.1 Å². The number of carbonyl (C=O) groups excluding carboxylic acids is 1. The summed E-state index contributed by atoms with van der Waals surface area (Å²) in [5.74, 6) is -0.00461. The highest BCUT2D eigenvalue weighted by molar-refractivity contribution is 7.89. The quantitative estimate of drug-likeness (QED) is 0.512. The molecule has 3 rings (SSSR count). The van der Waals surface area contributed by atoms with Crippen LogP contribution >= 0.6 is 0 Å². The third kappa shape index (κ3) is 6.03.